The first-order valence-electron chi connectivity index (χ1n) is 6.64. The summed E-state index contributed by atoms with van der Waals surface area (Å²) in [5, 5.41) is 3.98. The summed E-state index contributed by atoms with van der Waals surface area (Å²) in [6.07, 6.45) is 5.84. The molecule has 5 nitrogen and oxygen atoms in total. The van der Waals surface area contributed by atoms with E-state index in [0.29, 0.717) is 29.7 Å². The Kier molecular flexibility index (Phi) is 2.93. The highest BCUT2D eigenvalue weighted by molar-refractivity contribution is 5.51. The van der Waals surface area contributed by atoms with Gasteiger partial charge in [-0.15, -0.1) is 0 Å². The van der Waals surface area contributed by atoms with Crippen molar-refractivity contribution < 1.29 is 8.94 Å². The number of hydrogen-bond donors (Lipinski definition) is 0. The number of furan rings is 1. The molecule has 5 heteroatoms. The van der Waals surface area contributed by atoms with E-state index in [2.05, 4.69) is 35.9 Å². The van der Waals surface area contributed by atoms with Crippen molar-refractivity contribution in [2.45, 2.75) is 39.3 Å². The zero-order valence-electron chi connectivity index (χ0n) is 11.6. The van der Waals surface area contributed by atoms with Crippen molar-refractivity contribution in [1.29, 1.82) is 0 Å². The average molecular weight is 261 g/mol. The second-order valence-electron chi connectivity index (χ2n) is 5.77. The van der Waals surface area contributed by atoms with Crippen LogP contribution in [0.5, 0.6) is 0 Å². The highest BCUT2D eigenvalue weighted by atomic mass is 16.5. The fourth-order valence-electron chi connectivity index (χ4n) is 2.33. The molecule has 0 radical (unpaired) electrons. The highest BCUT2D eigenvalue weighted by Crippen LogP contribution is 2.49. The van der Waals surface area contributed by atoms with Crippen molar-refractivity contribution in [3.05, 3.63) is 24.5 Å². The number of aromatic nitrogens is 2. The molecule has 0 amide bonds. The Morgan fingerprint density at radius 3 is 2.89 bits per heavy atom. The normalized spacial score (nSPS) is 18.7. The summed E-state index contributed by atoms with van der Waals surface area (Å²) >= 11 is 0. The lowest BCUT2D eigenvalue weighted by atomic mass is 10.00. The minimum absolute atomic E-state index is 0.460. The standard InChI is InChI=1S/C14H19N3O2/c1-10(14(2)5-6-14)17(3)8-12-15-13(16-19-12)11-4-7-18-9-11/h4,7,9-10H,5-6,8H2,1-3H3. The van der Waals surface area contributed by atoms with Crippen molar-refractivity contribution in [3.8, 4) is 11.4 Å². The van der Waals surface area contributed by atoms with Gasteiger partial charge in [0, 0.05) is 6.04 Å². The van der Waals surface area contributed by atoms with Gasteiger partial charge in [-0.05, 0) is 38.3 Å². The van der Waals surface area contributed by atoms with Crippen LogP contribution in [0.3, 0.4) is 0 Å². The monoisotopic (exact) mass is 261 g/mol. The zero-order valence-corrected chi connectivity index (χ0v) is 11.6. The summed E-state index contributed by atoms with van der Waals surface area (Å²) < 4.78 is 10.3. The van der Waals surface area contributed by atoms with E-state index in [9.17, 15) is 0 Å². The van der Waals surface area contributed by atoms with Crippen LogP contribution in [0.4, 0.5) is 0 Å². The largest absolute Gasteiger partial charge is 0.472 e. The van der Waals surface area contributed by atoms with Crippen LogP contribution >= 0.6 is 0 Å². The lowest BCUT2D eigenvalue weighted by Gasteiger charge is -2.28. The maximum atomic E-state index is 5.30. The van der Waals surface area contributed by atoms with Gasteiger partial charge < -0.3 is 8.94 Å². The molecule has 2 aromatic rings. The molecule has 0 spiro atoms. The maximum absolute atomic E-state index is 5.30. The molecule has 3 rings (SSSR count). The van der Waals surface area contributed by atoms with Crippen molar-refractivity contribution in [1.82, 2.24) is 15.0 Å². The Bertz CT molecular complexity index is 543. The second-order valence-corrected chi connectivity index (χ2v) is 5.77. The summed E-state index contributed by atoms with van der Waals surface area (Å²) in [7, 11) is 2.11. The van der Waals surface area contributed by atoms with E-state index in [1.54, 1.807) is 12.5 Å². The van der Waals surface area contributed by atoms with Crippen LogP contribution in [0.25, 0.3) is 11.4 Å². The van der Waals surface area contributed by atoms with Crippen LogP contribution in [0, 0.1) is 5.41 Å². The van der Waals surface area contributed by atoms with E-state index in [0.717, 1.165) is 5.56 Å². The molecule has 0 bridgehead atoms. The summed E-state index contributed by atoms with van der Waals surface area (Å²) in [5.41, 5.74) is 1.31. The Labute approximate surface area is 112 Å². The molecule has 0 N–H and O–H groups in total. The highest BCUT2D eigenvalue weighted by Gasteiger charge is 2.44. The molecule has 2 heterocycles. The third kappa shape index (κ3) is 2.42. The zero-order chi connectivity index (χ0) is 13.5. The molecule has 0 saturated heterocycles. The fraction of sp³-hybridized carbons (Fsp3) is 0.571. The van der Waals surface area contributed by atoms with Crippen LogP contribution in [0.1, 0.15) is 32.6 Å². The molecule has 1 atom stereocenters. The SMILES string of the molecule is CC(N(C)Cc1nc(-c2ccoc2)no1)C1(C)CC1. The van der Waals surface area contributed by atoms with Crippen LogP contribution in [0.2, 0.25) is 0 Å². The van der Waals surface area contributed by atoms with Crippen molar-refractivity contribution >= 4 is 0 Å². The summed E-state index contributed by atoms with van der Waals surface area (Å²) in [4.78, 5) is 6.68. The minimum Gasteiger partial charge on any atom is -0.472 e. The van der Waals surface area contributed by atoms with E-state index in [1.807, 2.05) is 6.07 Å². The summed E-state index contributed by atoms with van der Waals surface area (Å²) in [6, 6.07) is 2.35. The Morgan fingerprint density at radius 2 is 2.26 bits per heavy atom. The number of rotatable bonds is 5. The molecule has 1 aliphatic carbocycles. The van der Waals surface area contributed by atoms with Gasteiger partial charge in [0.1, 0.15) is 6.26 Å². The molecule has 1 aliphatic rings. The van der Waals surface area contributed by atoms with E-state index >= 15 is 0 Å². The van der Waals surface area contributed by atoms with Crippen molar-refractivity contribution in [2.24, 2.45) is 5.41 Å². The van der Waals surface area contributed by atoms with Crippen LogP contribution in [-0.2, 0) is 6.54 Å². The first-order valence-corrected chi connectivity index (χ1v) is 6.64. The van der Waals surface area contributed by atoms with E-state index in [4.69, 9.17) is 8.94 Å². The van der Waals surface area contributed by atoms with Gasteiger partial charge in [0.2, 0.25) is 11.7 Å². The topological polar surface area (TPSA) is 55.3 Å². The molecule has 102 valence electrons. The Morgan fingerprint density at radius 1 is 1.47 bits per heavy atom. The molecule has 0 aromatic carbocycles. The van der Waals surface area contributed by atoms with Gasteiger partial charge in [-0.1, -0.05) is 12.1 Å². The van der Waals surface area contributed by atoms with Gasteiger partial charge in [-0.3, -0.25) is 4.90 Å². The van der Waals surface area contributed by atoms with Crippen LogP contribution < -0.4 is 0 Å². The molecule has 19 heavy (non-hydrogen) atoms. The van der Waals surface area contributed by atoms with Crippen LogP contribution in [-0.4, -0.2) is 28.1 Å². The lowest BCUT2D eigenvalue weighted by Crippen LogP contribution is -2.35. The smallest absolute Gasteiger partial charge is 0.241 e. The molecule has 2 aromatic heterocycles. The number of nitrogens with zero attached hydrogens (tertiary/aromatic N) is 3. The van der Waals surface area contributed by atoms with Gasteiger partial charge in [-0.2, -0.15) is 4.98 Å². The summed E-state index contributed by atoms with van der Waals surface area (Å²) in [5.74, 6) is 1.23. The lowest BCUT2D eigenvalue weighted by molar-refractivity contribution is 0.159. The molecular formula is C14H19N3O2. The van der Waals surface area contributed by atoms with Gasteiger partial charge in [-0.25, -0.2) is 0 Å². The molecule has 1 fully saturated rings. The maximum Gasteiger partial charge on any atom is 0.241 e. The molecular weight excluding hydrogens is 242 g/mol. The Balaban J connectivity index is 1.67. The van der Waals surface area contributed by atoms with Gasteiger partial charge in [0.25, 0.3) is 0 Å². The van der Waals surface area contributed by atoms with Crippen molar-refractivity contribution in [2.75, 3.05) is 7.05 Å². The fourth-order valence-corrected chi connectivity index (χ4v) is 2.33. The minimum atomic E-state index is 0.460. The van der Waals surface area contributed by atoms with Gasteiger partial charge in [0.15, 0.2) is 0 Å². The second kappa shape index (κ2) is 4.49. The van der Waals surface area contributed by atoms with Gasteiger partial charge >= 0.3 is 0 Å². The molecule has 1 saturated carbocycles. The van der Waals surface area contributed by atoms with E-state index in [1.165, 1.54) is 12.8 Å². The van der Waals surface area contributed by atoms with Crippen LogP contribution in [0.15, 0.2) is 27.5 Å². The summed E-state index contributed by atoms with van der Waals surface area (Å²) in [6.45, 7) is 5.28. The third-order valence-corrected chi connectivity index (χ3v) is 4.34. The predicted octanol–water partition coefficient (Wildman–Crippen LogP) is 2.95. The first-order chi connectivity index (χ1) is 9.08. The quantitative estimate of drug-likeness (QED) is 0.828. The van der Waals surface area contributed by atoms with Gasteiger partial charge in [0.05, 0.1) is 18.4 Å². The number of hydrogen-bond acceptors (Lipinski definition) is 5. The Hall–Kier alpha value is -1.62. The van der Waals surface area contributed by atoms with Crippen molar-refractivity contribution in [3.63, 3.8) is 0 Å². The van der Waals surface area contributed by atoms with E-state index < -0.39 is 0 Å². The molecule has 0 aliphatic heterocycles. The third-order valence-electron chi connectivity index (χ3n) is 4.34. The first kappa shape index (κ1) is 12.4. The molecule has 1 unspecified atom stereocenters. The predicted molar refractivity (Wildman–Crippen MR) is 70.3 cm³/mol. The average Bonchev–Trinajstić information content (AvgIpc) is 2.88. The van der Waals surface area contributed by atoms with E-state index in [-0.39, 0.29) is 0 Å².